The Morgan fingerprint density at radius 1 is 0.938 bits per heavy atom. The van der Waals surface area contributed by atoms with E-state index in [4.69, 9.17) is 4.74 Å². The zero-order valence-electron chi connectivity index (χ0n) is 19.5. The summed E-state index contributed by atoms with van der Waals surface area (Å²) in [6.07, 6.45) is 15.1. The molecule has 174 valence electrons. The van der Waals surface area contributed by atoms with Crippen LogP contribution < -0.4 is 15.1 Å². The lowest BCUT2D eigenvalue weighted by molar-refractivity contribution is 0.0953. The van der Waals surface area contributed by atoms with Crippen LogP contribution in [0.1, 0.15) is 75.1 Å². The number of nitrogens with one attached hydrogen (secondary N) is 1. The van der Waals surface area contributed by atoms with Gasteiger partial charge in [-0.2, -0.15) is 0 Å². The van der Waals surface area contributed by atoms with Gasteiger partial charge in [0.05, 0.1) is 30.3 Å². The normalized spacial score (nSPS) is 12.8. The smallest absolute Gasteiger partial charge is 0.254 e. The van der Waals surface area contributed by atoms with Gasteiger partial charge >= 0.3 is 0 Å². The predicted octanol–water partition coefficient (Wildman–Crippen LogP) is 5.56. The molecule has 1 aromatic heterocycles. The molecule has 0 spiro atoms. The Balaban J connectivity index is 1.34. The molecule has 0 aliphatic carbocycles. The maximum Gasteiger partial charge on any atom is 0.254 e. The molecule has 0 atom stereocenters. The highest BCUT2D eigenvalue weighted by molar-refractivity contribution is 5.94. The maximum absolute atomic E-state index is 12.4. The van der Waals surface area contributed by atoms with Crippen LogP contribution in [-0.2, 0) is 4.74 Å². The number of fused-ring (bicyclic) bond motifs is 1. The van der Waals surface area contributed by atoms with Gasteiger partial charge in [-0.3, -0.25) is 9.78 Å². The molecule has 1 aromatic carbocycles. The van der Waals surface area contributed by atoms with E-state index in [0.29, 0.717) is 25.6 Å². The first-order chi connectivity index (χ1) is 15.8. The van der Waals surface area contributed by atoms with E-state index in [9.17, 15) is 4.79 Å². The number of pyridine rings is 1. The molecular weight excluding hydrogens is 400 g/mol. The molecule has 2 heterocycles. The standard InChI is InChI=1S/C26H38N4O2/c1-2-3-4-5-6-7-8-9-12-18-32-22-30-21-29(24-15-10-11-16-25(24)30)20-28-26(31)23-14-13-17-27-19-23/h10-11,13-17,19H,2-9,12,18,20-22H2,1H3,(H,28,31). The third kappa shape index (κ3) is 7.52. The SMILES string of the molecule is CCCCCCCCCCCOCN1CN(CNC(=O)c2cccnc2)c2ccccc21. The number of carbonyl (C=O) groups excluding carboxylic acids is 1. The molecule has 0 fully saturated rings. The number of ether oxygens (including phenoxy) is 1. The molecule has 6 nitrogen and oxygen atoms in total. The van der Waals surface area contributed by atoms with Crippen molar-refractivity contribution < 1.29 is 9.53 Å². The number of unbranched alkanes of at least 4 members (excludes halogenated alkanes) is 8. The topological polar surface area (TPSA) is 57.7 Å². The van der Waals surface area contributed by atoms with E-state index < -0.39 is 0 Å². The van der Waals surface area contributed by atoms with Crippen LogP contribution in [0.15, 0.2) is 48.8 Å². The second kappa shape index (κ2) is 13.7. The molecule has 1 aliphatic rings. The monoisotopic (exact) mass is 438 g/mol. The Labute approximate surface area is 193 Å². The first kappa shape index (κ1) is 24.1. The van der Waals surface area contributed by atoms with Gasteiger partial charge in [-0.05, 0) is 30.7 Å². The first-order valence-corrected chi connectivity index (χ1v) is 12.1. The Morgan fingerprint density at radius 2 is 1.62 bits per heavy atom. The fourth-order valence-corrected chi connectivity index (χ4v) is 4.06. The van der Waals surface area contributed by atoms with Gasteiger partial charge in [0, 0.05) is 19.0 Å². The highest BCUT2D eigenvalue weighted by atomic mass is 16.5. The Kier molecular flexibility index (Phi) is 10.3. The van der Waals surface area contributed by atoms with Crippen molar-refractivity contribution in [1.82, 2.24) is 10.3 Å². The van der Waals surface area contributed by atoms with Crippen molar-refractivity contribution >= 4 is 17.3 Å². The van der Waals surface area contributed by atoms with E-state index >= 15 is 0 Å². The lowest BCUT2D eigenvalue weighted by atomic mass is 10.1. The highest BCUT2D eigenvalue weighted by Gasteiger charge is 2.25. The van der Waals surface area contributed by atoms with Crippen LogP contribution >= 0.6 is 0 Å². The quantitative estimate of drug-likeness (QED) is 0.369. The molecule has 32 heavy (non-hydrogen) atoms. The van der Waals surface area contributed by atoms with Gasteiger partial charge in [0.25, 0.3) is 5.91 Å². The van der Waals surface area contributed by atoms with E-state index in [2.05, 4.69) is 39.2 Å². The number of carbonyl (C=O) groups is 1. The van der Waals surface area contributed by atoms with Crippen molar-refractivity contribution in [2.24, 2.45) is 0 Å². The summed E-state index contributed by atoms with van der Waals surface area (Å²) in [5.74, 6) is -0.115. The number of hydrogen-bond donors (Lipinski definition) is 1. The molecule has 0 radical (unpaired) electrons. The van der Waals surface area contributed by atoms with Crippen molar-refractivity contribution in [2.45, 2.75) is 64.7 Å². The van der Waals surface area contributed by atoms with E-state index in [1.165, 1.54) is 51.4 Å². The number of benzene rings is 1. The van der Waals surface area contributed by atoms with Crippen LogP contribution in [0.25, 0.3) is 0 Å². The van der Waals surface area contributed by atoms with Gasteiger partial charge < -0.3 is 19.9 Å². The van der Waals surface area contributed by atoms with Gasteiger partial charge in [0.15, 0.2) is 0 Å². The summed E-state index contributed by atoms with van der Waals surface area (Å²) in [4.78, 5) is 20.8. The molecule has 1 aliphatic heterocycles. The number of anilines is 2. The van der Waals surface area contributed by atoms with Crippen LogP contribution in [0.3, 0.4) is 0 Å². The molecule has 0 unspecified atom stereocenters. The Hall–Kier alpha value is -2.60. The fraction of sp³-hybridized carbons (Fsp3) is 0.538. The third-order valence-electron chi connectivity index (χ3n) is 5.90. The molecule has 6 heteroatoms. The highest BCUT2D eigenvalue weighted by Crippen LogP contribution is 2.34. The van der Waals surface area contributed by atoms with Crippen molar-refractivity contribution in [3.05, 3.63) is 54.4 Å². The number of nitrogens with zero attached hydrogens (tertiary/aromatic N) is 3. The molecule has 1 amide bonds. The number of rotatable bonds is 15. The maximum atomic E-state index is 12.4. The second-order valence-corrected chi connectivity index (χ2v) is 8.48. The van der Waals surface area contributed by atoms with Crippen molar-refractivity contribution in [3.63, 3.8) is 0 Å². The second-order valence-electron chi connectivity index (χ2n) is 8.48. The Morgan fingerprint density at radius 3 is 2.31 bits per heavy atom. The zero-order valence-corrected chi connectivity index (χ0v) is 19.5. The van der Waals surface area contributed by atoms with Gasteiger partial charge in [0.2, 0.25) is 0 Å². The predicted molar refractivity (Wildman–Crippen MR) is 131 cm³/mol. The zero-order chi connectivity index (χ0) is 22.4. The van der Waals surface area contributed by atoms with Gasteiger partial charge in [0.1, 0.15) is 6.73 Å². The number of amides is 1. The van der Waals surface area contributed by atoms with Crippen molar-refractivity contribution in [3.8, 4) is 0 Å². The van der Waals surface area contributed by atoms with E-state index in [0.717, 1.165) is 24.4 Å². The number of para-hydroxylation sites is 2. The van der Waals surface area contributed by atoms with Crippen molar-refractivity contribution in [2.75, 3.05) is 36.5 Å². The molecule has 0 bridgehead atoms. The molecule has 1 N–H and O–H groups in total. The molecule has 2 aromatic rings. The molecule has 0 saturated heterocycles. The van der Waals surface area contributed by atoms with E-state index in [-0.39, 0.29) is 5.91 Å². The van der Waals surface area contributed by atoms with Gasteiger partial charge in [-0.15, -0.1) is 0 Å². The molecule has 3 rings (SSSR count). The van der Waals surface area contributed by atoms with Crippen LogP contribution in [-0.4, -0.2) is 37.6 Å². The average Bonchev–Trinajstić information content (AvgIpc) is 3.19. The summed E-state index contributed by atoms with van der Waals surface area (Å²) < 4.78 is 5.98. The van der Waals surface area contributed by atoms with E-state index in [1.54, 1.807) is 24.5 Å². The van der Waals surface area contributed by atoms with Crippen LogP contribution in [0, 0.1) is 0 Å². The van der Waals surface area contributed by atoms with Crippen LogP contribution in [0.5, 0.6) is 0 Å². The summed E-state index contributed by atoms with van der Waals surface area (Å²) in [6, 6.07) is 11.8. The first-order valence-electron chi connectivity index (χ1n) is 12.1. The summed E-state index contributed by atoms with van der Waals surface area (Å²) in [5.41, 5.74) is 2.84. The lowest BCUT2D eigenvalue weighted by Crippen LogP contribution is -2.40. The fourth-order valence-electron chi connectivity index (χ4n) is 4.06. The molecule has 0 saturated carbocycles. The third-order valence-corrected chi connectivity index (χ3v) is 5.90. The Bertz CT molecular complexity index is 799. The minimum atomic E-state index is -0.115. The average molecular weight is 439 g/mol. The van der Waals surface area contributed by atoms with Crippen LogP contribution in [0.4, 0.5) is 11.4 Å². The minimum Gasteiger partial charge on any atom is -0.361 e. The summed E-state index contributed by atoms with van der Waals surface area (Å²) in [6.45, 7) is 4.78. The van der Waals surface area contributed by atoms with Crippen molar-refractivity contribution in [1.29, 1.82) is 0 Å². The van der Waals surface area contributed by atoms with Gasteiger partial charge in [-0.1, -0.05) is 70.4 Å². The summed E-state index contributed by atoms with van der Waals surface area (Å²) >= 11 is 0. The minimum absolute atomic E-state index is 0.115. The number of aromatic nitrogens is 1. The van der Waals surface area contributed by atoms with Gasteiger partial charge in [-0.25, -0.2) is 0 Å². The van der Waals surface area contributed by atoms with E-state index in [1.807, 2.05) is 12.1 Å². The molecular formula is C26H38N4O2. The summed E-state index contributed by atoms with van der Waals surface area (Å²) in [7, 11) is 0. The lowest BCUT2D eigenvalue weighted by Gasteiger charge is -2.22. The summed E-state index contributed by atoms with van der Waals surface area (Å²) in [5, 5.41) is 2.99. The van der Waals surface area contributed by atoms with Crippen LogP contribution in [0.2, 0.25) is 0 Å². The number of hydrogen-bond acceptors (Lipinski definition) is 5. The largest absolute Gasteiger partial charge is 0.361 e.